The van der Waals surface area contributed by atoms with Gasteiger partial charge >= 0.3 is 6.03 Å². The van der Waals surface area contributed by atoms with E-state index in [1.165, 1.54) is 11.8 Å². The summed E-state index contributed by atoms with van der Waals surface area (Å²) in [7, 11) is 1.91. The molecule has 0 aromatic carbocycles. The summed E-state index contributed by atoms with van der Waals surface area (Å²) in [5.74, 6) is 0.506. The van der Waals surface area contributed by atoms with Crippen molar-refractivity contribution in [2.75, 3.05) is 6.54 Å². The van der Waals surface area contributed by atoms with Crippen molar-refractivity contribution in [3.8, 4) is 0 Å². The van der Waals surface area contributed by atoms with Gasteiger partial charge in [-0.05, 0) is 44.9 Å². The third kappa shape index (κ3) is 4.61. The minimum absolute atomic E-state index is 0.174. The number of furan rings is 1. The molecule has 0 aliphatic heterocycles. The molecule has 24 heavy (non-hydrogen) atoms. The van der Waals surface area contributed by atoms with Gasteiger partial charge in [-0.1, -0.05) is 0 Å². The lowest BCUT2D eigenvalue weighted by Crippen LogP contribution is -2.42. The minimum atomic E-state index is -0.726. The molecule has 7 nitrogen and oxygen atoms in total. The molecular weight excluding hydrogens is 308 g/mol. The molecule has 3 N–H and O–H groups in total. The van der Waals surface area contributed by atoms with E-state index in [1.54, 1.807) is 12.1 Å². The molecule has 0 bridgehead atoms. The number of nitrogens with one attached hydrogen (secondary N) is 2. The minimum Gasteiger partial charge on any atom is -0.467 e. The quantitative estimate of drug-likeness (QED) is 0.722. The number of nitrogens with zero attached hydrogens (tertiary/aromatic N) is 2. The van der Waals surface area contributed by atoms with Gasteiger partial charge in [0.2, 0.25) is 0 Å². The molecule has 0 fully saturated rings. The number of hydrogen-bond acceptors (Lipinski definition) is 4. The van der Waals surface area contributed by atoms with Crippen LogP contribution < -0.4 is 10.6 Å². The first-order valence-electron chi connectivity index (χ1n) is 8.13. The zero-order valence-corrected chi connectivity index (χ0v) is 14.7. The molecule has 2 atom stereocenters. The maximum absolute atomic E-state index is 11.9. The molecule has 0 spiro atoms. The van der Waals surface area contributed by atoms with E-state index >= 15 is 0 Å². The number of aliphatic hydroxyl groups is 1. The van der Waals surface area contributed by atoms with E-state index in [4.69, 9.17) is 4.42 Å². The smallest absolute Gasteiger partial charge is 0.315 e. The van der Waals surface area contributed by atoms with Gasteiger partial charge in [0.15, 0.2) is 0 Å². The van der Waals surface area contributed by atoms with Crippen LogP contribution in [-0.4, -0.2) is 33.5 Å². The number of carbonyl (C=O) groups is 1. The highest BCUT2D eigenvalue weighted by molar-refractivity contribution is 5.74. The Balaban J connectivity index is 1.73. The lowest BCUT2D eigenvalue weighted by Gasteiger charge is -2.17. The molecule has 0 saturated carbocycles. The van der Waals surface area contributed by atoms with Gasteiger partial charge in [-0.2, -0.15) is 5.10 Å². The Morgan fingerprint density at radius 1 is 1.46 bits per heavy atom. The summed E-state index contributed by atoms with van der Waals surface area (Å²) in [5, 5.41) is 20.0. The van der Waals surface area contributed by atoms with Gasteiger partial charge in [0.1, 0.15) is 11.9 Å². The molecule has 0 aliphatic carbocycles. The van der Waals surface area contributed by atoms with Gasteiger partial charge in [0.25, 0.3) is 0 Å². The van der Waals surface area contributed by atoms with Gasteiger partial charge in [0, 0.05) is 31.7 Å². The Bertz CT molecular complexity index is 664. The second kappa shape index (κ2) is 8.01. The topological polar surface area (TPSA) is 92.3 Å². The van der Waals surface area contributed by atoms with Gasteiger partial charge in [-0.3, -0.25) is 4.68 Å². The Hall–Kier alpha value is -2.28. The summed E-state index contributed by atoms with van der Waals surface area (Å²) >= 11 is 0. The predicted molar refractivity (Wildman–Crippen MR) is 90.7 cm³/mol. The summed E-state index contributed by atoms with van der Waals surface area (Å²) < 4.78 is 7.00. The largest absolute Gasteiger partial charge is 0.467 e. The molecule has 0 saturated heterocycles. The van der Waals surface area contributed by atoms with Crippen molar-refractivity contribution in [3.05, 3.63) is 41.1 Å². The summed E-state index contributed by atoms with van der Waals surface area (Å²) in [6.07, 6.45) is 1.92. The fraction of sp³-hybridized carbons (Fsp3) is 0.529. The van der Waals surface area contributed by atoms with E-state index in [2.05, 4.69) is 15.7 Å². The summed E-state index contributed by atoms with van der Waals surface area (Å²) in [4.78, 5) is 11.9. The molecule has 0 radical (unpaired) electrons. The van der Waals surface area contributed by atoms with Crippen LogP contribution in [0.3, 0.4) is 0 Å². The molecular formula is C17H26N4O3. The van der Waals surface area contributed by atoms with Gasteiger partial charge in [0.05, 0.1) is 12.0 Å². The van der Waals surface area contributed by atoms with Crippen molar-refractivity contribution < 1.29 is 14.3 Å². The standard InChI is InChI=1S/C17H26N4O3/c1-11(10-15(22)16-6-5-9-24-16)19-17(23)18-8-7-14-12(2)20-21(4)13(14)3/h5-6,9,11,15,22H,7-8,10H2,1-4H3,(H2,18,19,23)/t11-,15-/m0/s1. The maximum atomic E-state index is 11.9. The number of amides is 2. The number of hydrogen-bond donors (Lipinski definition) is 3. The third-order valence-electron chi connectivity index (χ3n) is 4.15. The molecule has 2 rings (SSSR count). The highest BCUT2D eigenvalue weighted by Crippen LogP contribution is 2.18. The third-order valence-corrected chi connectivity index (χ3v) is 4.15. The van der Waals surface area contributed by atoms with Gasteiger partial charge in [-0.15, -0.1) is 0 Å². The second-order valence-electron chi connectivity index (χ2n) is 6.09. The molecule has 2 amide bonds. The molecule has 0 aliphatic rings. The van der Waals surface area contributed by atoms with Gasteiger partial charge in [-0.25, -0.2) is 4.79 Å². The van der Waals surface area contributed by atoms with Crippen LogP contribution >= 0.6 is 0 Å². The SMILES string of the molecule is Cc1nn(C)c(C)c1CCNC(=O)N[C@@H](C)C[C@H](O)c1ccco1. The fourth-order valence-electron chi connectivity index (χ4n) is 2.75. The average Bonchev–Trinajstić information content (AvgIpc) is 3.11. The lowest BCUT2D eigenvalue weighted by molar-refractivity contribution is 0.129. The normalized spacial score (nSPS) is 13.5. The molecule has 2 aromatic rings. The van der Waals surface area contributed by atoms with E-state index in [0.717, 1.165) is 17.8 Å². The lowest BCUT2D eigenvalue weighted by atomic mass is 10.1. The number of aryl methyl sites for hydroxylation is 2. The highest BCUT2D eigenvalue weighted by atomic mass is 16.4. The molecule has 2 aromatic heterocycles. The van der Waals surface area contributed by atoms with Crippen LogP contribution in [-0.2, 0) is 13.5 Å². The molecule has 2 heterocycles. The Morgan fingerprint density at radius 2 is 2.21 bits per heavy atom. The Kier molecular flexibility index (Phi) is 6.03. The number of carbonyl (C=O) groups excluding carboxylic acids is 1. The van der Waals surface area contributed by atoms with Crippen LogP contribution in [0.1, 0.15) is 42.2 Å². The Morgan fingerprint density at radius 3 is 2.79 bits per heavy atom. The number of aliphatic hydroxyl groups excluding tert-OH is 1. The van der Waals surface area contributed by atoms with E-state index in [9.17, 15) is 9.90 Å². The first kappa shape index (κ1) is 18.1. The predicted octanol–water partition coefficient (Wildman–Crippen LogP) is 1.98. The van der Waals surface area contributed by atoms with E-state index in [-0.39, 0.29) is 12.1 Å². The number of urea groups is 1. The number of rotatable bonds is 7. The number of aromatic nitrogens is 2. The van der Waals surface area contributed by atoms with Crippen LogP contribution in [0.5, 0.6) is 0 Å². The molecule has 132 valence electrons. The molecule has 7 heteroatoms. The van der Waals surface area contributed by atoms with Crippen molar-refractivity contribution in [3.63, 3.8) is 0 Å². The van der Waals surface area contributed by atoms with Crippen molar-refractivity contribution in [2.45, 2.75) is 45.8 Å². The first-order chi connectivity index (χ1) is 11.4. The van der Waals surface area contributed by atoms with Crippen LogP contribution in [0.4, 0.5) is 4.79 Å². The van der Waals surface area contributed by atoms with E-state index in [0.29, 0.717) is 18.7 Å². The fourth-order valence-corrected chi connectivity index (χ4v) is 2.75. The highest BCUT2D eigenvalue weighted by Gasteiger charge is 2.16. The first-order valence-corrected chi connectivity index (χ1v) is 8.13. The summed E-state index contributed by atoms with van der Waals surface area (Å²) in [5.41, 5.74) is 3.27. The monoisotopic (exact) mass is 334 g/mol. The zero-order chi connectivity index (χ0) is 17.7. The van der Waals surface area contributed by atoms with Crippen molar-refractivity contribution >= 4 is 6.03 Å². The van der Waals surface area contributed by atoms with Crippen LogP contribution in [0.25, 0.3) is 0 Å². The molecule has 0 unspecified atom stereocenters. The second-order valence-corrected chi connectivity index (χ2v) is 6.09. The maximum Gasteiger partial charge on any atom is 0.315 e. The van der Waals surface area contributed by atoms with Crippen molar-refractivity contribution in [2.24, 2.45) is 7.05 Å². The average molecular weight is 334 g/mol. The van der Waals surface area contributed by atoms with Crippen LogP contribution in [0, 0.1) is 13.8 Å². The van der Waals surface area contributed by atoms with Crippen LogP contribution in [0.2, 0.25) is 0 Å². The Labute approximate surface area is 142 Å². The van der Waals surface area contributed by atoms with Crippen LogP contribution in [0.15, 0.2) is 22.8 Å². The van der Waals surface area contributed by atoms with Gasteiger partial charge < -0.3 is 20.2 Å². The summed E-state index contributed by atoms with van der Waals surface area (Å²) in [6.45, 7) is 6.38. The van der Waals surface area contributed by atoms with Crippen molar-refractivity contribution in [1.82, 2.24) is 20.4 Å². The zero-order valence-electron chi connectivity index (χ0n) is 14.7. The van der Waals surface area contributed by atoms with E-state index in [1.807, 2.05) is 32.5 Å². The van der Waals surface area contributed by atoms with Crippen molar-refractivity contribution in [1.29, 1.82) is 0 Å². The van der Waals surface area contributed by atoms with E-state index < -0.39 is 6.10 Å². The summed E-state index contributed by atoms with van der Waals surface area (Å²) in [6, 6.07) is 3.03.